The Kier molecular flexibility index (Phi) is 8.88. The van der Waals surface area contributed by atoms with Crippen LogP contribution in [0.2, 0.25) is 15.3 Å². The van der Waals surface area contributed by atoms with E-state index in [2.05, 4.69) is 32.2 Å². The number of aliphatic hydroxyl groups is 2. The maximum Gasteiger partial charge on any atom is 0.386 e. The summed E-state index contributed by atoms with van der Waals surface area (Å²) in [6.45, 7) is -9.76. The van der Waals surface area contributed by atoms with Crippen LogP contribution in [0.5, 0.6) is 0 Å². The minimum Gasteiger partial charge on any atom is -0.387 e. The number of nitrogens with zero attached hydrogens (tertiary/aromatic N) is 5. The van der Waals surface area contributed by atoms with Crippen LogP contribution in [0.1, 0.15) is 12.5 Å². The molecular weight excluding hydrogens is 757 g/mol. The number of ether oxygens (including phenoxy) is 2. The van der Waals surface area contributed by atoms with Crippen molar-refractivity contribution >= 4 is 94.6 Å². The van der Waals surface area contributed by atoms with Gasteiger partial charge < -0.3 is 34.1 Å². The van der Waals surface area contributed by atoms with Gasteiger partial charge in [-0.05, 0) is 35.5 Å². The van der Waals surface area contributed by atoms with Crippen molar-refractivity contribution < 1.29 is 47.2 Å². The first kappa shape index (κ1) is 33.3. The van der Waals surface area contributed by atoms with E-state index in [0.717, 1.165) is 6.33 Å². The largest absolute Gasteiger partial charge is 0.387 e. The van der Waals surface area contributed by atoms with E-state index in [9.17, 15) is 24.5 Å². The molecule has 1 aromatic carbocycles. The van der Waals surface area contributed by atoms with Gasteiger partial charge in [-0.3, -0.25) is 27.5 Å². The normalized spacial score (nSPS) is 37.2. The summed E-state index contributed by atoms with van der Waals surface area (Å²) in [4.78, 5) is 38.1. The van der Waals surface area contributed by atoms with Crippen molar-refractivity contribution in [2.45, 2.75) is 49.1 Å². The minimum atomic E-state index is -4.36. The highest BCUT2D eigenvalue weighted by molar-refractivity contribution is 8.44. The third kappa shape index (κ3) is 5.98. The van der Waals surface area contributed by atoms with E-state index < -0.39 is 81.4 Å². The number of benzene rings is 1. The Morgan fingerprint density at radius 2 is 1.65 bits per heavy atom. The number of halogens is 3. The maximum atomic E-state index is 13.5. The SMILES string of the molecule is O=c1[nH]cnc2c1ncn2[C@@H]1O[C@@H]2COP(O)(=S)OC3C(O)[C@@H](COP(=O)(S)OC1C2O)O[C@H]3n1c(Cl)nc2cc(Cl)c(Cl)cc21. The van der Waals surface area contributed by atoms with Gasteiger partial charge in [-0.25, -0.2) is 19.5 Å². The van der Waals surface area contributed by atoms with Crippen molar-refractivity contribution in [2.75, 3.05) is 13.2 Å². The Bertz CT molecular complexity index is 2000. The molecule has 17 nitrogen and oxygen atoms in total. The van der Waals surface area contributed by atoms with Gasteiger partial charge in [-0.15, -0.1) is 0 Å². The number of fused-ring (bicyclic) bond motifs is 6. The summed E-state index contributed by atoms with van der Waals surface area (Å²) in [7, 11) is 0. The average molecular weight is 778 g/mol. The summed E-state index contributed by atoms with van der Waals surface area (Å²) >= 11 is 28.2. The van der Waals surface area contributed by atoms with Crippen molar-refractivity contribution in [2.24, 2.45) is 0 Å². The van der Waals surface area contributed by atoms with Crippen LogP contribution >= 0.6 is 60.6 Å². The second-order valence-electron chi connectivity index (χ2n) is 10.3. The number of hydrogen-bond donors (Lipinski definition) is 5. The molecule has 3 aliphatic rings. The Labute approximate surface area is 282 Å². The zero-order valence-corrected chi connectivity index (χ0v) is 28.3. The predicted octanol–water partition coefficient (Wildman–Crippen LogP) is 2.72. The van der Waals surface area contributed by atoms with Crippen LogP contribution in [0, 0.1) is 0 Å². The van der Waals surface area contributed by atoms with Crippen molar-refractivity contribution in [3.63, 3.8) is 0 Å². The first-order valence-corrected chi connectivity index (χ1v) is 19.6. The van der Waals surface area contributed by atoms with E-state index in [1.54, 1.807) is 0 Å². The van der Waals surface area contributed by atoms with Gasteiger partial charge in [0.2, 0.25) is 5.28 Å². The monoisotopic (exact) mass is 776 g/mol. The summed E-state index contributed by atoms with van der Waals surface area (Å²) in [5, 5.41) is 22.8. The summed E-state index contributed by atoms with van der Waals surface area (Å²) in [6.07, 6.45) is -8.81. The maximum absolute atomic E-state index is 13.5. The Hall–Kier alpha value is -1.22. The number of rotatable bonds is 2. The smallest absolute Gasteiger partial charge is 0.386 e. The summed E-state index contributed by atoms with van der Waals surface area (Å²) in [5.74, 6) is 0. The fourth-order valence-corrected chi connectivity index (χ4v) is 8.89. The molecule has 3 fully saturated rings. The van der Waals surface area contributed by atoms with Gasteiger partial charge >= 0.3 is 13.5 Å². The van der Waals surface area contributed by atoms with Gasteiger partial charge in [0, 0.05) is 0 Å². The molecule has 0 amide bonds. The van der Waals surface area contributed by atoms with Gasteiger partial charge in [0.1, 0.15) is 36.6 Å². The molecule has 24 heteroatoms. The molecule has 4 aromatic rings. The molecule has 0 aliphatic carbocycles. The van der Waals surface area contributed by atoms with Crippen LogP contribution in [0.3, 0.4) is 0 Å². The number of aromatic nitrogens is 6. The molecular formula is C22H21Cl3N6O11P2S2. The van der Waals surface area contributed by atoms with Crippen molar-refractivity contribution in [3.8, 4) is 0 Å². The first-order valence-electron chi connectivity index (χ1n) is 13.1. The Morgan fingerprint density at radius 3 is 2.39 bits per heavy atom. The molecule has 0 spiro atoms. The van der Waals surface area contributed by atoms with Crippen LogP contribution in [0.4, 0.5) is 0 Å². The zero-order chi connectivity index (χ0) is 32.7. The quantitative estimate of drug-likeness (QED) is 0.146. The third-order valence-corrected chi connectivity index (χ3v) is 11.7. The van der Waals surface area contributed by atoms with Crippen LogP contribution in [0.25, 0.3) is 22.2 Å². The van der Waals surface area contributed by atoms with E-state index in [4.69, 9.17) is 74.2 Å². The van der Waals surface area contributed by atoms with E-state index >= 15 is 0 Å². The third-order valence-electron chi connectivity index (χ3n) is 7.52. The first-order chi connectivity index (χ1) is 21.7. The van der Waals surface area contributed by atoms with E-state index in [1.807, 2.05) is 0 Å². The minimum absolute atomic E-state index is 0.0395. The highest BCUT2D eigenvalue weighted by Gasteiger charge is 2.53. The molecule has 248 valence electrons. The fraction of sp³-hybridized carbons (Fsp3) is 0.455. The van der Waals surface area contributed by atoms with Gasteiger partial charge in [-0.1, -0.05) is 35.5 Å². The number of hydrogen-bond acceptors (Lipinski definition) is 14. The fourth-order valence-electron chi connectivity index (χ4n) is 5.43. The predicted molar refractivity (Wildman–Crippen MR) is 167 cm³/mol. The Balaban J connectivity index is 1.23. The number of nitrogens with one attached hydrogen (secondary N) is 1. The second-order valence-corrected chi connectivity index (χ2v) is 17.2. The standard InChI is InChI=1S/C22H21Cl3N6O11P2S2/c23-7-1-9-10(2-8(7)24)31(22(25)29-9)21-17-15(33)12(40-21)4-38-43(35,45)41-16-14(32)11(3-37-44(36,46)42-17)39-20(16)30-6-28-13-18(30)26-5-27-19(13)34/h1-2,5-6,11-12,14-17,20-21,32-33H,3-4H2,(H,35,45)(H,36,46)(H,26,27,34)/t11-,12-,14?,15?,16?,17?,20-,21-,43?,44?/m1/s1. The molecule has 7 rings (SSSR count). The lowest BCUT2D eigenvalue weighted by atomic mass is 10.1. The lowest BCUT2D eigenvalue weighted by Crippen LogP contribution is -2.37. The lowest BCUT2D eigenvalue weighted by Gasteiger charge is -2.28. The Morgan fingerprint density at radius 1 is 1.00 bits per heavy atom. The zero-order valence-electron chi connectivity index (χ0n) is 22.6. The summed E-state index contributed by atoms with van der Waals surface area (Å²) in [5.41, 5.74) is 0.152. The van der Waals surface area contributed by atoms with Crippen molar-refractivity contribution in [1.29, 1.82) is 0 Å². The molecule has 0 radical (unpaired) electrons. The van der Waals surface area contributed by atoms with Gasteiger partial charge in [0.25, 0.3) is 5.56 Å². The van der Waals surface area contributed by atoms with E-state index in [0.29, 0.717) is 11.0 Å². The highest BCUT2D eigenvalue weighted by Crippen LogP contribution is 2.58. The molecule has 6 heterocycles. The average Bonchev–Trinajstić information content (AvgIpc) is 3.71. The molecule has 6 unspecified atom stereocenters. The molecule has 4 N–H and O–H groups in total. The topological polar surface area (TPSA) is 215 Å². The number of aromatic amines is 1. The number of imidazole rings is 2. The van der Waals surface area contributed by atoms with E-state index in [1.165, 1.54) is 27.6 Å². The lowest BCUT2D eigenvalue weighted by molar-refractivity contribution is -0.0599. The van der Waals surface area contributed by atoms with E-state index in [-0.39, 0.29) is 26.5 Å². The van der Waals surface area contributed by atoms with Crippen molar-refractivity contribution in [1.82, 2.24) is 29.1 Å². The molecule has 46 heavy (non-hydrogen) atoms. The van der Waals surface area contributed by atoms with Crippen LogP contribution in [-0.4, -0.2) is 94.0 Å². The number of thiol groups is 1. The van der Waals surface area contributed by atoms with Gasteiger partial charge in [0.05, 0.1) is 46.9 Å². The molecule has 3 aromatic heterocycles. The molecule has 3 saturated heterocycles. The van der Waals surface area contributed by atoms with Gasteiger partial charge in [-0.2, -0.15) is 0 Å². The van der Waals surface area contributed by atoms with Gasteiger partial charge in [0.15, 0.2) is 23.6 Å². The molecule has 0 saturated carbocycles. The van der Waals surface area contributed by atoms with Crippen LogP contribution in [-0.2, 0) is 43.9 Å². The molecule has 3 aliphatic heterocycles. The van der Waals surface area contributed by atoms with Crippen LogP contribution < -0.4 is 5.56 Å². The summed E-state index contributed by atoms with van der Waals surface area (Å²) in [6, 6.07) is 2.95. The molecule has 10 atom stereocenters. The number of H-pyrrole nitrogens is 1. The highest BCUT2D eigenvalue weighted by atomic mass is 35.5. The van der Waals surface area contributed by atoms with Crippen LogP contribution in [0.15, 0.2) is 29.6 Å². The molecule has 4 bridgehead atoms. The number of aliphatic hydroxyl groups excluding tert-OH is 2. The second kappa shape index (κ2) is 12.3. The van der Waals surface area contributed by atoms with Crippen molar-refractivity contribution in [3.05, 3.63) is 50.5 Å². The summed E-state index contributed by atoms with van der Waals surface area (Å²) < 4.78 is 50.7.